The molecule has 2 rings (SSSR count). The van der Waals surface area contributed by atoms with E-state index >= 15 is 0 Å². The van der Waals surface area contributed by atoms with Crippen LogP contribution in [0.3, 0.4) is 0 Å². The third-order valence-electron chi connectivity index (χ3n) is 3.20. The Morgan fingerprint density at radius 1 is 1.53 bits per heavy atom. The second-order valence-corrected chi connectivity index (χ2v) is 5.52. The molecule has 4 heteroatoms. The zero-order valence-corrected chi connectivity index (χ0v) is 11.7. The van der Waals surface area contributed by atoms with Crippen molar-refractivity contribution in [2.75, 3.05) is 11.9 Å². The van der Waals surface area contributed by atoms with E-state index < -0.39 is 0 Å². The van der Waals surface area contributed by atoms with Crippen LogP contribution in [-0.2, 0) is 4.79 Å². The molecule has 2 unspecified atom stereocenters. The highest BCUT2D eigenvalue weighted by Crippen LogP contribution is 2.24. The number of nitrogens with one attached hydrogen (secondary N) is 2. The fraction of sp³-hybridized carbons (Fsp3) is 0.462. The number of anilines is 1. The second-order valence-electron chi connectivity index (χ2n) is 4.67. The van der Waals surface area contributed by atoms with Gasteiger partial charge in [-0.2, -0.15) is 0 Å². The van der Waals surface area contributed by atoms with E-state index in [0.717, 1.165) is 23.1 Å². The first kappa shape index (κ1) is 12.6. The van der Waals surface area contributed by atoms with Gasteiger partial charge in [0, 0.05) is 4.47 Å². The van der Waals surface area contributed by atoms with Gasteiger partial charge >= 0.3 is 0 Å². The zero-order valence-electron chi connectivity index (χ0n) is 10.1. The van der Waals surface area contributed by atoms with E-state index in [2.05, 4.69) is 33.5 Å². The molecule has 0 spiro atoms. The third-order valence-corrected chi connectivity index (χ3v) is 3.85. The molecule has 1 aliphatic heterocycles. The van der Waals surface area contributed by atoms with Crippen LogP contribution in [-0.4, -0.2) is 18.5 Å². The smallest absolute Gasteiger partial charge is 0.241 e. The molecule has 1 saturated heterocycles. The number of amides is 1. The molecule has 1 aromatic rings. The lowest BCUT2D eigenvalue weighted by Gasteiger charge is -2.16. The molecule has 1 aliphatic rings. The Hall–Kier alpha value is -0.870. The number of aryl methyl sites for hydroxylation is 1. The van der Waals surface area contributed by atoms with Crippen LogP contribution in [0.1, 0.15) is 18.9 Å². The predicted octanol–water partition coefficient (Wildman–Crippen LogP) is 2.69. The van der Waals surface area contributed by atoms with E-state index in [4.69, 9.17) is 0 Å². The quantitative estimate of drug-likeness (QED) is 0.881. The van der Waals surface area contributed by atoms with Crippen molar-refractivity contribution in [3.8, 4) is 0 Å². The zero-order chi connectivity index (χ0) is 12.4. The van der Waals surface area contributed by atoms with Crippen LogP contribution in [0.4, 0.5) is 5.69 Å². The summed E-state index contributed by atoms with van der Waals surface area (Å²) < 4.78 is 0.927. The normalized spacial score (nSPS) is 23.7. The van der Waals surface area contributed by atoms with Gasteiger partial charge in [0.1, 0.15) is 0 Å². The standard InChI is InChI=1S/C13H17BrN2O/c1-8-3-4-11(10(14)7-8)16-13(17)12-9(2)5-6-15-12/h3-4,7,9,12,15H,5-6H2,1-2H3,(H,16,17). The minimum absolute atomic E-state index is 0.0551. The summed E-state index contributed by atoms with van der Waals surface area (Å²) in [5.41, 5.74) is 2.00. The van der Waals surface area contributed by atoms with Crippen molar-refractivity contribution in [3.05, 3.63) is 28.2 Å². The van der Waals surface area contributed by atoms with Crippen LogP contribution in [0.2, 0.25) is 0 Å². The summed E-state index contributed by atoms with van der Waals surface area (Å²) in [5.74, 6) is 0.457. The van der Waals surface area contributed by atoms with Crippen LogP contribution in [0.25, 0.3) is 0 Å². The van der Waals surface area contributed by atoms with Crippen LogP contribution in [0.15, 0.2) is 22.7 Å². The van der Waals surface area contributed by atoms with E-state index in [-0.39, 0.29) is 11.9 Å². The Labute approximate surface area is 110 Å². The largest absolute Gasteiger partial charge is 0.324 e. The van der Waals surface area contributed by atoms with Gasteiger partial charge in [-0.3, -0.25) is 4.79 Å². The Bertz CT molecular complexity index is 433. The molecule has 3 nitrogen and oxygen atoms in total. The summed E-state index contributed by atoms with van der Waals surface area (Å²) in [5, 5.41) is 6.19. The van der Waals surface area contributed by atoms with Crippen molar-refractivity contribution in [2.24, 2.45) is 5.92 Å². The molecule has 0 saturated carbocycles. The van der Waals surface area contributed by atoms with Crippen LogP contribution >= 0.6 is 15.9 Å². The molecule has 1 aromatic carbocycles. The number of carbonyl (C=O) groups is 1. The first-order valence-electron chi connectivity index (χ1n) is 5.88. The Balaban J connectivity index is 2.07. The first-order valence-corrected chi connectivity index (χ1v) is 6.67. The van der Waals surface area contributed by atoms with Gasteiger partial charge in [-0.1, -0.05) is 13.0 Å². The monoisotopic (exact) mass is 296 g/mol. The maximum absolute atomic E-state index is 12.1. The molecule has 1 fully saturated rings. The number of hydrogen-bond donors (Lipinski definition) is 2. The Kier molecular flexibility index (Phi) is 3.84. The van der Waals surface area contributed by atoms with Crippen LogP contribution in [0, 0.1) is 12.8 Å². The molecule has 1 heterocycles. The Morgan fingerprint density at radius 2 is 2.29 bits per heavy atom. The molecule has 0 radical (unpaired) electrons. The molecular formula is C13H17BrN2O. The van der Waals surface area contributed by atoms with E-state index in [1.807, 2.05) is 25.1 Å². The predicted molar refractivity (Wildman–Crippen MR) is 73.1 cm³/mol. The minimum Gasteiger partial charge on any atom is -0.324 e. The van der Waals surface area contributed by atoms with Crippen molar-refractivity contribution < 1.29 is 4.79 Å². The van der Waals surface area contributed by atoms with Gasteiger partial charge in [0.05, 0.1) is 11.7 Å². The maximum Gasteiger partial charge on any atom is 0.241 e. The molecule has 2 N–H and O–H groups in total. The fourth-order valence-corrected chi connectivity index (χ4v) is 2.71. The van der Waals surface area contributed by atoms with Crippen LogP contribution < -0.4 is 10.6 Å². The molecule has 0 bridgehead atoms. The lowest BCUT2D eigenvalue weighted by Crippen LogP contribution is -2.39. The van der Waals surface area contributed by atoms with Gasteiger partial charge in [-0.15, -0.1) is 0 Å². The Morgan fingerprint density at radius 3 is 2.88 bits per heavy atom. The molecule has 1 amide bonds. The lowest BCUT2D eigenvalue weighted by molar-refractivity contribution is -0.118. The highest BCUT2D eigenvalue weighted by Gasteiger charge is 2.29. The maximum atomic E-state index is 12.1. The van der Waals surface area contributed by atoms with Gasteiger partial charge in [0.25, 0.3) is 0 Å². The number of rotatable bonds is 2. The second kappa shape index (κ2) is 5.19. The summed E-state index contributed by atoms with van der Waals surface area (Å²) in [6.07, 6.45) is 1.06. The number of carbonyl (C=O) groups excluding carboxylic acids is 1. The van der Waals surface area contributed by atoms with E-state index in [0.29, 0.717) is 5.92 Å². The van der Waals surface area contributed by atoms with Crippen molar-refractivity contribution in [3.63, 3.8) is 0 Å². The highest BCUT2D eigenvalue weighted by atomic mass is 79.9. The molecular weight excluding hydrogens is 280 g/mol. The average Bonchev–Trinajstić information content (AvgIpc) is 2.68. The van der Waals surface area contributed by atoms with E-state index in [1.165, 1.54) is 5.56 Å². The van der Waals surface area contributed by atoms with Gasteiger partial charge in [0.2, 0.25) is 5.91 Å². The number of hydrogen-bond acceptors (Lipinski definition) is 2. The summed E-state index contributed by atoms with van der Waals surface area (Å²) in [6, 6.07) is 5.85. The van der Waals surface area contributed by atoms with Crippen molar-refractivity contribution in [1.29, 1.82) is 0 Å². The summed E-state index contributed by atoms with van der Waals surface area (Å²) in [6.45, 7) is 5.06. The third kappa shape index (κ3) is 2.87. The van der Waals surface area contributed by atoms with Crippen molar-refractivity contribution >= 4 is 27.5 Å². The topological polar surface area (TPSA) is 41.1 Å². The molecule has 17 heavy (non-hydrogen) atoms. The highest BCUT2D eigenvalue weighted by molar-refractivity contribution is 9.10. The average molecular weight is 297 g/mol. The first-order chi connectivity index (χ1) is 8.08. The van der Waals surface area contributed by atoms with Gasteiger partial charge < -0.3 is 10.6 Å². The summed E-state index contributed by atoms with van der Waals surface area (Å²) in [4.78, 5) is 12.1. The van der Waals surface area contributed by atoms with Crippen molar-refractivity contribution in [1.82, 2.24) is 5.32 Å². The van der Waals surface area contributed by atoms with E-state index in [9.17, 15) is 4.79 Å². The number of benzene rings is 1. The molecule has 0 aromatic heterocycles. The molecule has 92 valence electrons. The minimum atomic E-state index is -0.0665. The van der Waals surface area contributed by atoms with Gasteiger partial charge in [0.15, 0.2) is 0 Å². The van der Waals surface area contributed by atoms with Crippen molar-refractivity contribution in [2.45, 2.75) is 26.3 Å². The fourth-order valence-electron chi connectivity index (χ4n) is 2.12. The summed E-state index contributed by atoms with van der Waals surface area (Å²) in [7, 11) is 0. The SMILES string of the molecule is Cc1ccc(NC(=O)C2NCCC2C)c(Br)c1. The molecule has 0 aliphatic carbocycles. The van der Waals surface area contributed by atoms with Gasteiger partial charge in [-0.25, -0.2) is 0 Å². The summed E-state index contributed by atoms with van der Waals surface area (Å²) >= 11 is 3.46. The van der Waals surface area contributed by atoms with E-state index in [1.54, 1.807) is 0 Å². The molecule has 2 atom stereocenters. The van der Waals surface area contributed by atoms with Crippen LogP contribution in [0.5, 0.6) is 0 Å². The lowest BCUT2D eigenvalue weighted by atomic mass is 10.0. The van der Waals surface area contributed by atoms with Gasteiger partial charge in [-0.05, 0) is 59.4 Å². The number of halogens is 1.